The molecule has 0 amide bonds. The first-order valence-corrected chi connectivity index (χ1v) is 2.79. The van der Waals surface area contributed by atoms with Gasteiger partial charge in [-0.05, 0) is 6.92 Å². The van der Waals surface area contributed by atoms with Crippen LogP contribution in [0.15, 0.2) is 17.5 Å². The number of nitrogens with zero attached hydrogens (tertiary/aromatic N) is 3. The monoisotopic (exact) mass is 137 g/mol. The van der Waals surface area contributed by atoms with Gasteiger partial charge in [-0.1, -0.05) is 5.16 Å². The van der Waals surface area contributed by atoms with Crippen molar-refractivity contribution in [2.24, 2.45) is 5.16 Å². The lowest BCUT2D eigenvalue weighted by Crippen LogP contribution is -1.91. The third-order valence-corrected chi connectivity index (χ3v) is 0.964. The molecule has 1 heterocycles. The smallest absolute Gasteiger partial charge is 0.103 e. The fraction of sp³-hybridized carbons (Fsp3) is 0.167. The Morgan fingerprint density at radius 2 is 2.40 bits per heavy atom. The van der Waals surface area contributed by atoms with E-state index in [9.17, 15) is 0 Å². The van der Waals surface area contributed by atoms with Crippen molar-refractivity contribution in [3.05, 3.63) is 23.8 Å². The molecule has 1 aromatic heterocycles. The van der Waals surface area contributed by atoms with Crippen LogP contribution in [0.2, 0.25) is 0 Å². The Morgan fingerprint density at radius 3 is 3.00 bits per heavy atom. The highest BCUT2D eigenvalue weighted by Gasteiger charge is 1.88. The highest BCUT2D eigenvalue weighted by atomic mass is 16.4. The van der Waals surface area contributed by atoms with Crippen LogP contribution in [-0.4, -0.2) is 21.4 Å². The van der Waals surface area contributed by atoms with Gasteiger partial charge >= 0.3 is 0 Å². The van der Waals surface area contributed by atoms with E-state index in [0.717, 1.165) is 5.69 Å². The van der Waals surface area contributed by atoms with Gasteiger partial charge in [-0.2, -0.15) is 0 Å². The molecule has 0 atom stereocenters. The molecule has 0 aliphatic carbocycles. The average molecular weight is 137 g/mol. The van der Waals surface area contributed by atoms with Crippen molar-refractivity contribution in [3.63, 3.8) is 0 Å². The number of oxime groups is 1. The highest BCUT2D eigenvalue weighted by molar-refractivity contribution is 5.75. The Hall–Kier alpha value is -1.45. The van der Waals surface area contributed by atoms with E-state index in [0.29, 0.717) is 5.69 Å². The second-order valence-electron chi connectivity index (χ2n) is 1.83. The number of hydrogen-bond donors (Lipinski definition) is 1. The zero-order valence-electron chi connectivity index (χ0n) is 5.52. The molecule has 0 unspecified atom stereocenters. The summed E-state index contributed by atoms with van der Waals surface area (Å²) in [5, 5.41) is 10.9. The van der Waals surface area contributed by atoms with Crippen molar-refractivity contribution in [1.82, 2.24) is 9.97 Å². The van der Waals surface area contributed by atoms with E-state index in [4.69, 9.17) is 5.21 Å². The van der Waals surface area contributed by atoms with Crippen molar-refractivity contribution in [2.75, 3.05) is 0 Å². The number of rotatable bonds is 1. The summed E-state index contributed by atoms with van der Waals surface area (Å²) in [5.41, 5.74) is 1.36. The van der Waals surface area contributed by atoms with E-state index in [1.54, 1.807) is 6.20 Å². The minimum absolute atomic E-state index is 0.558. The Labute approximate surface area is 58.2 Å². The van der Waals surface area contributed by atoms with Crippen LogP contribution in [0.25, 0.3) is 0 Å². The summed E-state index contributed by atoms with van der Waals surface area (Å²) >= 11 is 0. The standard InChI is InChI=1S/C6H7N3O/c1-5-2-7-3-6(9-5)4-8-10/h2-4,10H,1H3/b8-4+. The molecule has 0 radical (unpaired) electrons. The molecule has 10 heavy (non-hydrogen) atoms. The predicted octanol–water partition coefficient (Wildman–Crippen LogP) is 0.593. The van der Waals surface area contributed by atoms with Crippen LogP contribution in [0.3, 0.4) is 0 Å². The van der Waals surface area contributed by atoms with Crippen molar-refractivity contribution < 1.29 is 5.21 Å². The second kappa shape index (κ2) is 2.91. The molecule has 0 fully saturated rings. The van der Waals surface area contributed by atoms with Gasteiger partial charge in [-0.25, -0.2) is 4.98 Å². The summed E-state index contributed by atoms with van der Waals surface area (Å²) in [5.74, 6) is 0. The molecule has 4 heteroatoms. The van der Waals surface area contributed by atoms with Crippen molar-refractivity contribution >= 4 is 6.21 Å². The zero-order chi connectivity index (χ0) is 7.40. The molecule has 4 nitrogen and oxygen atoms in total. The van der Waals surface area contributed by atoms with Gasteiger partial charge in [0, 0.05) is 6.20 Å². The van der Waals surface area contributed by atoms with E-state index in [1.807, 2.05) is 6.92 Å². The molecule has 1 aromatic rings. The lowest BCUT2D eigenvalue weighted by atomic mass is 10.4. The first kappa shape index (κ1) is 6.67. The fourth-order valence-corrected chi connectivity index (χ4v) is 0.604. The molecule has 1 N–H and O–H groups in total. The highest BCUT2D eigenvalue weighted by Crippen LogP contribution is 1.89. The molecule has 0 aliphatic rings. The maximum atomic E-state index is 8.11. The SMILES string of the molecule is Cc1cncc(/C=N/O)n1. The van der Waals surface area contributed by atoms with Crippen molar-refractivity contribution in [1.29, 1.82) is 0 Å². The van der Waals surface area contributed by atoms with E-state index in [2.05, 4.69) is 15.1 Å². The molecule has 0 bridgehead atoms. The number of aromatic nitrogens is 2. The zero-order valence-corrected chi connectivity index (χ0v) is 5.52. The van der Waals surface area contributed by atoms with E-state index in [1.165, 1.54) is 12.4 Å². The number of hydrogen-bond acceptors (Lipinski definition) is 4. The molecule has 0 saturated heterocycles. The first-order valence-electron chi connectivity index (χ1n) is 2.79. The molecule has 0 saturated carbocycles. The van der Waals surface area contributed by atoms with Gasteiger partial charge in [0.05, 0.1) is 18.1 Å². The van der Waals surface area contributed by atoms with Gasteiger partial charge in [0.1, 0.15) is 5.69 Å². The van der Waals surface area contributed by atoms with Gasteiger partial charge in [-0.3, -0.25) is 4.98 Å². The topological polar surface area (TPSA) is 58.4 Å². The Bertz CT molecular complexity index is 247. The molecule has 0 spiro atoms. The molecular weight excluding hydrogens is 130 g/mol. The minimum Gasteiger partial charge on any atom is -0.411 e. The molecule has 0 aliphatic heterocycles. The van der Waals surface area contributed by atoms with E-state index >= 15 is 0 Å². The maximum absolute atomic E-state index is 8.11. The normalized spacial score (nSPS) is 10.5. The molecular formula is C6H7N3O. The third-order valence-electron chi connectivity index (χ3n) is 0.964. The van der Waals surface area contributed by atoms with Crippen LogP contribution in [0.5, 0.6) is 0 Å². The summed E-state index contributed by atoms with van der Waals surface area (Å²) in [4.78, 5) is 7.83. The van der Waals surface area contributed by atoms with Crippen LogP contribution in [0, 0.1) is 6.92 Å². The van der Waals surface area contributed by atoms with Crippen LogP contribution in [0.1, 0.15) is 11.4 Å². The predicted molar refractivity (Wildman–Crippen MR) is 36.1 cm³/mol. The quantitative estimate of drug-likeness (QED) is 0.350. The van der Waals surface area contributed by atoms with Crippen molar-refractivity contribution in [3.8, 4) is 0 Å². The largest absolute Gasteiger partial charge is 0.411 e. The van der Waals surface area contributed by atoms with Crippen LogP contribution >= 0.6 is 0 Å². The van der Waals surface area contributed by atoms with Gasteiger partial charge in [0.15, 0.2) is 0 Å². The van der Waals surface area contributed by atoms with Crippen LogP contribution < -0.4 is 0 Å². The summed E-state index contributed by atoms with van der Waals surface area (Å²) in [6, 6.07) is 0. The van der Waals surface area contributed by atoms with Crippen LogP contribution in [-0.2, 0) is 0 Å². The maximum Gasteiger partial charge on any atom is 0.103 e. The summed E-state index contributed by atoms with van der Waals surface area (Å²) in [6.07, 6.45) is 4.39. The molecule has 0 aromatic carbocycles. The van der Waals surface area contributed by atoms with E-state index < -0.39 is 0 Å². The molecule has 52 valence electrons. The first-order chi connectivity index (χ1) is 4.83. The van der Waals surface area contributed by atoms with Crippen molar-refractivity contribution in [2.45, 2.75) is 6.92 Å². The summed E-state index contributed by atoms with van der Waals surface area (Å²) < 4.78 is 0. The minimum atomic E-state index is 0.558. The van der Waals surface area contributed by atoms with Gasteiger partial charge in [-0.15, -0.1) is 0 Å². The lowest BCUT2D eigenvalue weighted by molar-refractivity contribution is 0.321. The van der Waals surface area contributed by atoms with Gasteiger partial charge in [0.2, 0.25) is 0 Å². The Kier molecular flexibility index (Phi) is 1.94. The lowest BCUT2D eigenvalue weighted by Gasteiger charge is -1.90. The average Bonchev–Trinajstić information content (AvgIpc) is 1.88. The summed E-state index contributed by atoms with van der Waals surface area (Å²) in [6.45, 7) is 1.82. The Balaban J connectivity index is 2.95. The second-order valence-corrected chi connectivity index (χ2v) is 1.83. The summed E-state index contributed by atoms with van der Waals surface area (Å²) in [7, 11) is 0. The van der Waals surface area contributed by atoms with E-state index in [-0.39, 0.29) is 0 Å². The molecule has 1 rings (SSSR count). The Morgan fingerprint density at radius 1 is 1.60 bits per heavy atom. The third kappa shape index (κ3) is 1.51. The fourth-order valence-electron chi connectivity index (χ4n) is 0.604. The van der Waals surface area contributed by atoms with Gasteiger partial charge < -0.3 is 5.21 Å². The number of aryl methyl sites for hydroxylation is 1. The van der Waals surface area contributed by atoms with Gasteiger partial charge in [0.25, 0.3) is 0 Å². The van der Waals surface area contributed by atoms with Crippen LogP contribution in [0.4, 0.5) is 0 Å².